The van der Waals surface area contributed by atoms with Crippen LogP contribution in [0.25, 0.3) is 0 Å². The number of nitrogens with one attached hydrogen (secondary N) is 1. The molecule has 2 heterocycles. The van der Waals surface area contributed by atoms with Crippen LogP contribution in [-0.2, 0) is 5.41 Å². The molecular weight excluding hydrogens is 212 g/mol. The molecule has 0 radical (unpaired) electrons. The van der Waals surface area contributed by atoms with Crippen molar-refractivity contribution in [2.24, 2.45) is 5.92 Å². The van der Waals surface area contributed by atoms with E-state index in [-0.39, 0.29) is 11.2 Å². The van der Waals surface area contributed by atoms with Crippen LogP contribution in [0, 0.1) is 5.92 Å². The van der Waals surface area contributed by atoms with Crippen LogP contribution in [0.5, 0.6) is 0 Å². The lowest BCUT2D eigenvalue weighted by Gasteiger charge is -2.32. The molecule has 1 aromatic rings. The summed E-state index contributed by atoms with van der Waals surface area (Å²) in [5.74, 6) is 0.864. The maximum Gasteiger partial charge on any atom is 0.204 e. The highest BCUT2D eigenvalue weighted by atomic mass is 16.1. The first-order valence-corrected chi connectivity index (χ1v) is 6.35. The van der Waals surface area contributed by atoms with Gasteiger partial charge in [-0.25, -0.2) is 0 Å². The highest BCUT2D eigenvalue weighted by molar-refractivity contribution is 6.07. The number of likely N-dealkylation sites (tertiary alicyclic amines) is 1. The summed E-state index contributed by atoms with van der Waals surface area (Å²) in [6, 6.07) is 2.59. The predicted molar refractivity (Wildman–Crippen MR) is 64.8 cm³/mol. The average molecular weight is 228 g/mol. The zero-order chi connectivity index (χ0) is 11.8. The second-order valence-electron chi connectivity index (χ2n) is 5.78. The van der Waals surface area contributed by atoms with Gasteiger partial charge in [0.25, 0.3) is 0 Å². The zero-order valence-corrected chi connectivity index (χ0v) is 10.2. The molecule has 1 aromatic heterocycles. The minimum atomic E-state index is 0.142. The summed E-state index contributed by atoms with van der Waals surface area (Å²) < 4.78 is 0. The number of aromatic nitrogens is 1. The van der Waals surface area contributed by atoms with E-state index in [0.29, 0.717) is 6.04 Å². The van der Waals surface area contributed by atoms with Crippen LogP contribution in [0.1, 0.15) is 36.3 Å². The molecule has 1 unspecified atom stereocenters. The van der Waals surface area contributed by atoms with Crippen molar-refractivity contribution >= 4 is 5.78 Å². The summed E-state index contributed by atoms with van der Waals surface area (Å²) in [4.78, 5) is 17.6. The Morgan fingerprint density at radius 3 is 3.12 bits per heavy atom. The normalized spacial score (nSPS) is 33.4. The van der Waals surface area contributed by atoms with Crippen LogP contribution in [0.15, 0.2) is 24.0 Å². The number of hydrogen-bond donors (Lipinski definition) is 1. The largest absolute Gasteiger partial charge is 0.371 e. The number of carbonyl (C=O) groups excluding carboxylic acids is 1. The molecule has 0 amide bonds. The third-order valence-corrected chi connectivity index (χ3v) is 4.65. The van der Waals surface area contributed by atoms with Gasteiger partial charge in [0.05, 0.1) is 5.69 Å². The Bertz CT molecular complexity index is 554. The number of allylic oxidation sites excluding steroid dienone is 2. The number of rotatable bonds is 1. The van der Waals surface area contributed by atoms with Crippen molar-refractivity contribution in [3.8, 4) is 0 Å². The Labute approximate surface area is 101 Å². The van der Waals surface area contributed by atoms with Crippen molar-refractivity contribution < 1.29 is 4.79 Å². The number of hydrogen-bond acceptors (Lipinski definition) is 2. The quantitative estimate of drug-likeness (QED) is 0.798. The smallest absolute Gasteiger partial charge is 0.204 e. The van der Waals surface area contributed by atoms with Gasteiger partial charge in [0.2, 0.25) is 5.78 Å². The van der Waals surface area contributed by atoms with Crippen LogP contribution in [0.2, 0.25) is 0 Å². The number of nitrogens with zero attached hydrogens (tertiary/aromatic N) is 1. The van der Waals surface area contributed by atoms with Crippen LogP contribution in [0.4, 0.5) is 0 Å². The third-order valence-electron chi connectivity index (χ3n) is 4.65. The molecule has 17 heavy (non-hydrogen) atoms. The Morgan fingerprint density at radius 2 is 2.35 bits per heavy atom. The van der Waals surface area contributed by atoms with E-state index >= 15 is 0 Å². The van der Waals surface area contributed by atoms with Crippen molar-refractivity contribution in [2.75, 3.05) is 6.54 Å². The number of carbonyl (C=O) groups is 1. The minimum Gasteiger partial charge on any atom is -0.371 e. The molecule has 1 N–H and O–H groups in total. The van der Waals surface area contributed by atoms with Crippen LogP contribution < -0.4 is 0 Å². The van der Waals surface area contributed by atoms with Gasteiger partial charge in [0.1, 0.15) is 0 Å². The fourth-order valence-electron chi connectivity index (χ4n) is 3.77. The molecule has 3 heteroatoms. The van der Waals surface area contributed by atoms with Crippen molar-refractivity contribution in [2.45, 2.75) is 31.7 Å². The third kappa shape index (κ3) is 0.923. The monoisotopic (exact) mass is 228 g/mol. The van der Waals surface area contributed by atoms with Crippen LogP contribution in [0.3, 0.4) is 0 Å². The second kappa shape index (κ2) is 2.66. The van der Waals surface area contributed by atoms with Crippen molar-refractivity contribution in [1.29, 1.82) is 0 Å². The van der Waals surface area contributed by atoms with Gasteiger partial charge in [0.15, 0.2) is 0 Å². The van der Waals surface area contributed by atoms with Gasteiger partial charge in [-0.3, -0.25) is 4.79 Å². The molecule has 4 rings (SSSR count). The molecule has 1 aliphatic heterocycles. The highest BCUT2D eigenvalue weighted by Gasteiger charge is 2.66. The first kappa shape index (κ1) is 9.51. The summed E-state index contributed by atoms with van der Waals surface area (Å²) in [7, 11) is 0. The van der Waals surface area contributed by atoms with E-state index < -0.39 is 0 Å². The summed E-state index contributed by atoms with van der Waals surface area (Å²) in [5, 5.41) is 0. The first-order chi connectivity index (χ1) is 8.14. The van der Waals surface area contributed by atoms with E-state index in [9.17, 15) is 4.79 Å². The van der Waals surface area contributed by atoms with Gasteiger partial charge in [-0.15, -0.1) is 0 Å². The molecule has 1 saturated carbocycles. The van der Waals surface area contributed by atoms with E-state index in [1.807, 2.05) is 12.3 Å². The molecule has 88 valence electrons. The number of piperidine rings is 1. The molecule has 2 atom stereocenters. The lowest BCUT2D eigenvalue weighted by atomic mass is 9.85. The minimum absolute atomic E-state index is 0.142. The van der Waals surface area contributed by atoms with Gasteiger partial charge in [-0.1, -0.05) is 0 Å². The fourth-order valence-corrected chi connectivity index (χ4v) is 3.77. The van der Waals surface area contributed by atoms with Gasteiger partial charge in [0, 0.05) is 36.0 Å². The zero-order valence-electron chi connectivity index (χ0n) is 10.2. The predicted octanol–water partition coefficient (Wildman–Crippen LogP) is 2.08. The highest BCUT2D eigenvalue weighted by Crippen LogP contribution is 2.66. The Kier molecular flexibility index (Phi) is 1.49. The van der Waals surface area contributed by atoms with Crippen LogP contribution in [-0.4, -0.2) is 28.3 Å². The van der Waals surface area contributed by atoms with E-state index in [0.717, 1.165) is 18.2 Å². The number of ketones is 1. The molecule has 2 aliphatic carbocycles. The lowest BCUT2D eigenvalue weighted by Crippen LogP contribution is -2.33. The Morgan fingerprint density at radius 1 is 1.53 bits per heavy atom. The van der Waals surface area contributed by atoms with Crippen molar-refractivity contribution in [3.63, 3.8) is 0 Å². The van der Waals surface area contributed by atoms with E-state index in [1.165, 1.54) is 17.7 Å². The Hall–Kier alpha value is -1.51. The number of fused-ring (bicyclic) bond motifs is 1. The standard InChI is InChI=1S/C14H16N2O/c1-8(2)16-7-9-6-14(9)10-3-4-15-13(10)11(17)5-12(14)16/h3-5,8-9,15H,6-7H2,1-2H3/t9?,14-/m1/s1. The summed E-state index contributed by atoms with van der Waals surface area (Å²) in [5.41, 5.74) is 3.53. The average Bonchev–Trinajstić information content (AvgIpc) is 2.71. The van der Waals surface area contributed by atoms with Crippen molar-refractivity contribution in [3.05, 3.63) is 35.3 Å². The second-order valence-corrected chi connectivity index (χ2v) is 5.78. The maximum absolute atomic E-state index is 12.1. The molecule has 1 spiro atoms. The van der Waals surface area contributed by atoms with Gasteiger partial charge in [-0.2, -0.15) is 0 Å². The summed E-state index contributed by atoms with van der Waals surface area (Å²) in [6.07, 6.45) is 4.99. The van der Waals surface area contributed by atoms with Gasteiger partial charge >= 0.3 is 0 Å². The van der Waals surface area contributed by atoms with E-state index in [1.54, 1.807) is 0 Å². The molecule has 3 aliphatic rings. The number of H-pyrrole nitrogens is 1. The molecule has 2 fully saturated rings. The van der Waals surface area contributed by atoms with Crippen molar-refractivity contribution in [1.82, 2.24) is 9.88 Å². The SMILES string of the molecule is CC(C)N1CC2C[C@@]23C1=CC(=O)c1[nH]ccc13. The van der Waals surface area contributed by atoms with E-state index in [2.05, 4.69) is 29.8 Å². The molecule has 0 aromatic carbocycles. The maximum atomic E-state index is 12.1. The summed E-state index contributed by atoms with van der Waals surface area (Å²) >= 11 is 0. The van der Waals surface area contributed by atoms with Crippen LogP contribution >= 0.6 is 0 Å². The van der Waals surface area contributed by atoms with E-state index in [4.69, 9.17) is 0 Å². The molecule has 1 saturated heterocycles. The lowest BCUT2D eigenvalue weighted by molar-refractivity contribution is 0.103. The first-order valence-electron chi connectivity index (χ1n) is 6.35. The molecule has 3 nitrogen and oxygen atoms in total. The summed E-state index contributed by atoms with van der Waals surface area (Å²) in [6.45, 7) is 5.52. The number of aromatic amines is 1. The topological polar surface area (TPSA) is 36.1 Å². The molecule has 0 bridgehead atoms. The fraction of sp³-hybridized carbons (Fsp3) is 0.500. The Balaban J connectivity index is 1.91. The molecular formula is C14H16N2O. The van der Waals surface area contributed by atoms with Gasteiger partial charge < -0.3 is 9.88 Å². The van der Waals surface area contributed by atoms with Gasteiger partial charge in [-0.05, 0) is 37.8 Å².